The van der Waals surface area contributed by atoms with E-state index in [-0.39, 0.29) is 12.1 Å². The number of amides is 2. The molecule has 1 aliphatic heterocycles. The first-order valence-electron chi connectivity index (χ1n) is 6.04. The maximum Gasteiger partial charge on any atom is 0.331 e. The molecule has 0 spiro atoms. The number of nitrogens with one attached hydrogen (secondary N) is 1. The van der Waals surface area contributed by atoms with Gasteiger partial charge in [0.15, 0.2) is 0 Å². The number of pyridine rings is 1. The molecule has 0 aromatic carbocycles. The highest BCUT2D eigenvalue weighted by Gasteiger charge is 2.44. The molecule has 0 bridgehead atoms. The van der Waals surface area contributed by atoms with Crippen LogP contribution in [0.5, 0.6) is 0 Å². The molecule has 1 unspecified atom stereocenters. The van der Waals surface area contributed by atoms with Gasteiger partial charge in [-0.15, -0.1) is 0 Å². The molecule has 0 saturated carbocycles. The van der Waals surface area contributed by atoms with Crippen LogP contribution in [-0.2, 0) is 9.53 Å². The van der Waals surface area contributed by atoms with E-state index in [1.807, 2.05) is 18.2 Å². The molecule has 1 atom stereocenters. The van der Waals surface area contributed by atoms with Crippen LogP contribution >= 0.6 is 0 Å². The summed E-state index contributed by atoms with van der Waals surface area (Å²) in [6, 6.07) is 5.03. The van der Waals surface area contributed by atoms with Gasteiger partial charge in [-0.25, -0.2) is 9.59 Å². The number of esters is 1. The second-order valence-electron chi connectivity index (χ2n) is 4.92. The fraction of sp³-hybridized carbons (Fsp3) is 0.462. The third kappa shape index (κ3) is 2.38. The van der Waals surface area contributed by atoms with Crippen molar-refractivity contribution in [3.63, 3.8) is 0 Å². The number of rotatable bonds is 3. The number of nitrogens with zero attached hydrogens (tertiary/aromatic N) is 2. The Morgan fingerprint density at radius 2 is 2.26 bits per heavy atom. The summed E-state index contributed by atoms with van der Waals surface area (Å²) in [6.07, 6.45) is 1.68. The van der Waals surface area contributed by atoms with Crippen molar-refractivity contribution >= 4 is 12.0 Å². The van der Waals surface area contributed by atoms with E-state index < -0.39 is 11.5 Å². The lowest BCUT2D eigenvalue weighted by atomic mass is 10.0. The van der Waals surface area contributed by atoms with E-state index in [0.717, 1.165) is 5.69 Å². The SMILES string of the molecule is COC(=O)C(C)(C)N1CC(c2ccccn2)NC1=O. The lowest BCUT2D eigenvalue weighted by molar-refractivity contribution is -0.151. The van der Waals surface area contributed by atoms with Crippen molar-refractivity contribution < 1.29 is 14.3 Å². The van der Waals surface area contributed by atoms with Gasteiger partial charge >= 0.3 is 12.0 Å². The zero-order valence-electron chi connectivity index (χ0n) is 11.2. The zero-order valence-corrected chi connectivity index (χ0v) is 11.2. The number of urea groups is 1. The Bertz CT molecular complexity index is 487. The number of hydrogen-bond donors (Lipinski definition) is 1. The minimum absolute atomic E-state index is 0.211. The summed E-state index contributed by atoms with van der Waals surface area (Å²) in [5.74, 6) is -0.440. The second kappa shape index (κ2) is 4.87. The summed E-state index contributed by atoms with van der Waals surface area (Å²) in [5.41, 5.74) is -0.221. The normalized spacial score (nSPS) is 19.2. The number of aromatic nitrogens is 1. The predicted octanol–water partition coefficient (Wildman–Crippen LogP) is 1.10. The Hall–Kier alpha value is -2.11. The van der Waals surface area contributed by atoms with Crippen LogP contribution in [-0.4, -0.2) is 41.1 Å². The van der Waals surface area contributed by atoms with E-state index in [9.17, 15) is 9.59 Å². The molecule has 19 heavy (non-hydrogen) atoms. The average molecular weight is 263 g/mol. The highest BCUT2D eigenvalue weighted by atomic mass is 16.5. The molecule has 2 rings (SSSR count). The van der Waals surface area contributed by atoms with Gasteiger partial charge in [-0.05, 0) is 26.0 Å². The summed E-state index contributed by atoms with van der Waals surface area (Å²) in [7, 11) is 1.31. The molecule has 1 aromatic rings. The lowest BCUT2D eigenvalue weighted by Crippen LogP contribution is -2.52. The van der Waals surface area contributed by atoms with Crippen molar-refractivity contribution in [1.29, 1.82) is 0 Å². The fourth-order valence-electron chi connectivity index (χ4n) is 2.13. The topological polar surface area (TPSA) is 71.5 Å². The summed E-state index contributed by atoms with van der Waals surface area (Å²) in [6.45, 7) is 3.72. The van der Waals surface area contributed by atoms with Crippen molar-refractivity contribution in [2.24, 2.45) is 0 Å². The van der Waals surface area contributed by atoms with Crippen LogP contribution < -0.4 is 5.32 Å². The maximum atomic E-state index is 12.0. The molecule has 2 amide bonds. The van der Waals surface area contributed by atoms with Crippen LogP contribution in [0.15, 0.2) is 24.4 Å². The van der Waals surface area contributed by atoms with Crippen LogP contribution in [0.1, 0.15) is 25.6 Å². The Morgan fingerprint density at radius 3 is 2.84 bits per heavy atom. The van der Waals surface area contributed by atoms with E-state index in [1.165, 1.54) is 12.0 Å². The lowest BCUT2D eigenvalue weighted by Gasteiger charge is -2.31. The molecule has 1 N–H and O–H groups in total. The molecule has 0 radical (unpaired) electrons. The van der Waals surface area contributed by atoms with Gasteiger partial charge < -0.3 is 15.0 Å². The van der Waals surface area contributed by atoms with Crippen LogP contribution in [0.2, 0.25) is 0 Å². The molecule has 1 aliphatic rings. The number of carbonyl (C=O) groups excluding carboxylic acids is 2. The smallest absolute Gasteiger partial charge is 0.331 e. The number of carbonyl (C=O) groups is 2. The van der Waals surface area contributed by atoms with Crippen LogP contribution in [0.25, 0.3) is 0 Å². The average Bonchev–Trinajstić information content (AvgIpc) is 2.81. The van der Waals surface area contributed by atoms with Gasteiger partial charge in [-0.3, -0.25) is 4.98 Å². The van der Waals surface area contributed by atoms with Crippen molar-refractivity contribution in [2.45, 2.75) is 25.4 Å². The van der Waals surface area contributed by atoms with Crippen molar-refractivity contribution in [1.82, 2.24) is 15.2 Å². The first-order valence-corrected chi connectivity index (χ1v) is 6.04. The van der Waals surface area contributed by atoms with Crippen molar-refractivity contribution in [3.8, 4) is 0 Å². The highest BCUT2D eigenvalue weighted by molar-refractivity contribution is 5.88. The molecular weight excluding hydrogens is 246 g/mol. The molecule has 6 heteroatoms. The Labute approximate surface area is 111 Å². The molecule has 1 aromatic heterocycles. The van der Waals surface area contributed by atoms with Gasteiger partial charge in [-0.1, -0.05) is 6.07 Å². The monoisotopic (exact) mass is 263 g/mol. The molecule has 102 valence electrons. The molecular formula is C13H17N3O3. The van der Waals surface area contributed by atoms with Crippen LogP contribution in [0, 0.1) is 0 Å². The summed E-state index contributed by atoms with van der Waals surface area (Å²) in [4.78, 5) is 29.4. The third-order valence-electron chi connectivity index (χ3n) is 3.31. The quantitative estimate of drug-likeness (QED) is 0.829. The summed E-state index contributed by atoms with van der Waals surface area (Å²) in [5, 5.41) is 2.82. The van der Waals surface area contributed by atoms with E-state index >= 15 is 0 Å². The Morgan fingerprint density at radius 1 is 1.53 bits per heavy atom. The molecule has 2 heterocycles. The van der Waals surface area contributed by atoms with Crippen molar-refractivity contribution in [2.75, 3.05) is 13.7 Å². The van der Waals surface area contributed by atoms with Gasteiger partial charge in [0, 0.05) is 12.7 Å². The summed E-state index contributed by atoms with van der Waals surface area (Å²) < 4.78 is 4.74. The molecule has 0 aliphatic carbocycles. The first kappa shape index (κ1) is 13.3. The van der Waals surface area contributed by atoms with Crippen LogP contribution in [0.4, 0.5) is 4.79 Å². The van der Waals surface area contributed by atoms with Gasteiger partial charge in [0.2, 0.25) is 0 Å². The second-order valence-corrected chi connectivity index (χ2v) is 4.92. The van der Waals surface area contributed by atoms with Gasteiger partial charge in [0.1, 0.15) is 5.54 Å². The minimum atomic E-state index is -0.998. The van der Waals surface area contributed by atoms with Gasteiger partial charge in [0.25, 0.3) is 0 Å². The Kier molecular flexibility index (Phi) is 3.42. The predicted molar refractivity (Wildman–Crippen MR) is 68.3 cm³/mol. The molecule has 6 nitrogen and oxygen atoms in total. The first-order chi connectivity index (χ1) is 8.96. The number of ether oxygens (including phenoxy) is 1. The van der Waals surface area contributed by atoms with E-state index in [1.54, 1.807) is 20.0 Å². The zero-order chi connectivity index (χ0) is 14.0. The van der Waals surface area contributed by atoms with E-state index in [0.29, 0.717) is 6.54 Å². The van der Waals surface area contributed by atoms with Crippen LogP contribution in [0.3, 0.4) is 0 Å². The highest BCUT2D eigenvalue weighted by Crippen LogP contribution is 2.26. The fourth-order valence-corrected chi connectivity index (χ4v) is 2.13. The minimum Gasteiger partial charge on any atom is -0.467 e. The van der Waals surface area contributed by atoms with E-state index in [2.05, 4.69) is 10.3 Å². The standard InChI is InChI=1S/C13H17N3O3/c1-13(2,11(17)19-3)16-8-10(15-12(16)18)9-6-4-5-7-14-9/h4-7,10H,8H2,1-3H3,(H,15,18). The Balaban J connectivity index is 2.19. The molecule has 1 fully saturated rings. The van der Waals surface area contributed by atoms with Gasteiger partial charge in [0.05, 0.1) is 18.8 Å². The largest absolute Gasteiger partial charge is 0.467 e. The van der Waals surface area contributed by atoms with Gasteiger partial charge in [-0.2, -0.15) is 0 Å². The van der Waals surface area contributed by atoms with Crippen molar-refractivity contribution in [3.05, 3.63) is 30.1 Å². The maximum absolute atomic E-state index is 12.0. The summed E-state index contributed by atoms with van der Waals surface area (Å²) >= 11 is 0. The third-order valence-corrected chi connectivity index (χ3v) is 3.31. The number of methoxy groups -OCH3 is 1. The van der Waals surface area contributed by atoms with E-state index in [4.69, 9.17) is 4.74 Å². The molecule has 1 saturated heterocycles. The number of hydrogen-bond acceptors (Lipinski definition) is 4.